The van der Waals surface area contributed by atoms with E-state index in [0.717, 1.165) is 0 Å². The molecule has 0 aliphatic heterocycles. The van der Waals surface area contributed by atoms with Gasteiger partial charge in [0.25, 0.3) is 0 Å². The number of benzene rings is 1. The van der Waals surface area contributed by atoms with E-state index in [4.69, 9.17) is 5.39 Å². The van der Waals surface area contributed by atoms with Gasteiger partial charge in [0.1, 0.15) is 0 Å². The van der Waals surface area contributed by atoms with Crippen molar-refractivity contribution < 1.29 is 21.9 Å². The minimum Gasteiger partial charge on any atom is -1.00 e. The van der Waals surface area contributed by atoms with Crippen LogP contribution in [0.15, 0.2) is 24.3 Å². The second-order valence-electron chi connectivity index (χ2n) is 2.11. The van der Waals surface area contributed by atoms with Gasteiger partial charge in [0, 0.05) is 6.07 Å². The van der Waals surface area contributed by atoms with Crippen molar-refractivity contribution in [2.75, 3.05) is 7.11 Å². The highest BCUT2D eigenvalue weighted by Gasteiger charge is 2.19. The van der Waals surface area contributed by atoms with E-state index in [0.29, 0.717) is 0 Å². The molecule has 0 bridgehead atoms. The third-order valence-corrected chi connectivity index (χ3v) is 1.42. The van der Waals surface area contributed by atoms with Gasteiger partial charge >= 0.3 is 11.7 Å². The molecule has 0 aliphatic carbocycles. The fourth-order valence-electron chi connectivity index (χ4n) is 0.843. The standard InChI is InChI=1S/C8H7N2O2.2ClH/c1-12-8(11)6-4-2-3-5-7(6)10-9;;/h2-5H,1H3;2*1H/q+1;;/p-1. The molecule has 4 nitrogen and oxygen atoms in total. The van der Waals surface area contributed by atoms with Crippen molar-refractivity contribution in [3.05, 3.63) is 34.8 Å². The van der Waals surface area contributed by atoms with Crippen LogP contribution in [0.2, 0.25) is 0 Å². The van der Waals surface area contributed by atoms with Crippen molar-refractivity contribution in [1.29, 1.82) is 5.39 Å². The summed E-state index contributed by atoms with van der Waals surface area (Å²) in [5.41, 5.74) is 0.465. The number of halogens is 2. The Kier molecular flexibility index (Phi) is 7.73. The molecule has 0 aliphatic rings. The average Bonchev–Trinajstić information content (AvgIpc) is 2.16. The molecule has 0 aromatic heterocycles. The lowest BCUT2D eigenvalue weighted by Crippen LogP contribution is -3.00. The topological polar surface area (TPSA) is 54.5 Å². The van der Waals surface area contributed by atoms with Crippen LogP contribution in [0, 0.1) is 5.39 Å². The Morgan fingerprint density at radius 1 is 1.43 bits per heavy atom. The molecule has 0 radical (unpaired) electrons. The molecule has 0 saturated carbocycles. The summed E-state index contributed by atoms with van der Waals surface area (Å²) in [6.45, 7) is 0. The monoisotopic (exact) mass is 234 g/mol. The number of methoxy groups -OCH3 is 1. The first kappa shape index (κ1) is 15.2. The van der Waals surface area contributed by atoms with Crippen molar-refractivity contribution in [2.24, 2.45) is 0 Å². The molecule has 0 fully saturated rings. The van der Waals surface area contributed by atoms with Gasteiger partial charge in [-0.3, -0.25) is 0 Å². The van der Waals surface area contributed by atoms with Gasteiger partial charge in [-0.15, -0.1) is 12.4 Å². The molecule has 1 aromatic rings. The Labute approximate surface area is 93.7 Å². The minimum atomic E-state index is -0.511. The van der Waals surface area contributed by atoms with Crippen molar-refractivity contribution in [3.8, 4) is 0 Å². The van der Waals surface area contributed by atoms with E-state index < -0.39 is 5.97 Å². The number of carbonyl (C=O) groups excluding carboxylic acids is 1. The summed E-state index contributed by atoms with van der Waals surface area (Å²) in [7, 11) is 1.27. The van der Waals surface area contributed by atoms with Crippen molar-refractivity contribution in [3.63, 3.8) is 0 Å². The highest BCUT2D eigenvalue weighted by Crippen LogP contribution is 2.18. The van der Waals surface area contributed by atoms with E-state index >= 15 is 0 Å². The van der Waals surface area contributed by atoms with Gasteiger partial charge in [0.2, 0.25) is 5.39 Å². The van der Waals surface area contributed by atoms with Crippen LogP contribution in [0.25, 0.3) is 4.98 Å². The molecule has 0 heterocycles. The van der Waals surface area contributed by atoms with Crippen LogP contribution in [0.3, 0.4) is 0 Å². The van der Waals surface area contributed by atoms with Crippen molar-refractivity contribution in [2.45, 2.75) is 0 Å². The van der Waals surface area contributed by atoms with E-state index in [1.54, 1.807) is 12.1 Å². The third-order valence-electron chi connectivity index (χ3n) is 1.42. The van der Waals surface area contributed by atoms with Crippen LogP contribution in [0.4, 0.5) is 5.69 Å². The first-order valence-electron chi connectivity index (χ1n) is 3.32. The quantitative estimate of drug-likeness (QED) is 0.481. The lowest BCUT2D eigenvalue weighted by Gasteiger charge is -1.93. The second kappa shape index (κ2) is 7.13. The summed E-state index contributed by atoms with van der Waals surface area (Å²) >= 11 is 0. The molecular weight excluding hydrogens is 227 g/mol. The summed E-state index contributed by atoms with van der Waals surface area (Å²) in [6, 6.07) is 6.38. The Hall–Kier alpha value is -1.31. The molecule has 6 heteroatoms. The summed E-state index contributed by atoms with van der Waals surface area (Å²) in [5, 5.41) is 8.48. The van der Waals surface area contributed by atoms with E-state index in [9.17, 15) is 4.79 Å². The summed E-state index contributed by atoms with van der Waals surface area (Å²) < 4.78 is 4.47. The van der Waals surface area contributed by atoms with Crippen LogP contribution in [-0.2, 0) is 4.74 Å². The summed E-state index contributed by atoms with van der Waals surface area (Å²) in [5.74, 6) is -0.511. The number of carbonyl (C=O) groups is 1. The zero-order valence-electron chi connectivity index (χ0n) is 7.31. The van der Waals surface area contributed by atoms with Gasteiger partial charge in [0.15, 0.2) is 10.5 Å². The first-order chi connectivity index (χ1) is 5.79. The molecule has 76 valence electrons. The molecule has 1 aromatic carbocycles. The van der Waals surface area contributed by atoms with E-state index in [2.05, 4.69) is 9.71 Å². The van der Waals surface area contributed by atoms with Gasteiger partial charge < -0.3 is 17.1 Å². The Bertz CT molecular complexity index is 349. The smallest absolute Gasteiger partial charge is 0.399 e. The van der Waals surface area contributed by atoms with E-state index in [-0.39, 0.29) is 36.1 Å². The van der Waals surface area contributed by atoms with Gasteiger partial charge in [-0.25, -0.2) is 4.79 Å². The lowest BCUT2D eigenvalue weighted by atomic mass is 10.2. The maximum atomic E-state index is 11.0. The maximum absolute atomic E-state index is 11.0. The zero-order chi connectivity index (χ0) is 8.97. The average molecular weight is 235 g/mol. The number of nitrogens with zero attached hydrogens (tertiary/aromatic N) is 2. The van der Waals surface area contributed by atoms with Crippen molar-refractivity contribution >= 4 is 24.1 Å². The van der Waals surface area contributed by atoms with E-state index in [1.807, 2.05) is 0 Å². The van der Waals surface area contributed by atoms with Crippen molar-refractivity contribution in [1.82, 2.24) is 0 Å². The molecule has 0 spiro atoms. The fourth-order valence-corrected chi connectivity index (χ4v) is 0.843. The van der Waals surface area contributed by atoms with Crippen LogP contribution in [0.5, 0.6) is 0 Å². The number of rotatable bonds is 1. The highest BCUT2D eigenvalue weighted by atomic mass is 35.5. The predicted molar refractivity (Wildman–Crippen MR) is 49.8 cm³/mol. The SMILES string of the molecule is COC(=O)c1ccccc1[N+]#N.Cl.[Cl-]. The van der Waals surface area contributed by atoms with Crippen LogP contribution >= 0.6 is 12.4 Å². The lowest BCUT2D eigenvalue weighted by molar-refractivity contribution is -0.0000176. The third kappa shape index (κ3) is 3.21. The molecule has 0 atom stereocenters. The number of hydrogen-bond donors (Lipinski definition) is 0. The number of ether oxygens (including phenoxy) is 1. The second-order valence-corrected chi connectivity index (χ2v) is 2.11. The molecule has 0 amide bonds. The molecular formula is C8H8Cl2N2O2. The highest BCUT2D eigenvalue weighted by molar-refractivity contribution is 5.95. The van der Waals surface area contributed by atoms with Crippen LogP contribution < -0.4 is 12.4 Å². The largest absolute Gasteiger partial charge is 1.00 e. The molecule has 0 unspecified atom stereocenters. The van der Waals surface area contributed by atoms with Crippen LogP contribution in [0.1, 0.15) is 10.4 Å². The van der Waals surface area contributed by atoms with Gasteiger partial charge in [-0.1, -0.05) is 12.1 Å². The number of hydrogen-bond acceptors (Lipinski definition) is 3. The molecule has 0 N–H and O–H groups in total. The Balaban J connectivity index is 0. The molecule has 0 saturated heterocycles. The molecule has 14 heavy (non-hydrogen) atoms. The predicted octanol–water partition coefficient (Wildman–Crippen LogP) is -0.616. The Morgan fingerprint density at radius 2 is 2.00 bits per heavy atom. The first-order valence-corrected chi connectivity index (χ1v) is 3.32. The van der Waals surface area contributed by atoms with Gasteiger partial charge in [-0.2, -0.15) is 0 Å². The number of diazo groups is 1. The van der Waals surface area contributed by atoms with Gasteiger partial charge in [-0.05, 0) is 6.07 Å². The van der Waals surface area contributed by atoms with Crippen LogP contribution in [-0.4, -0.2) is 13.1 Å². The summed E-state index contributed by atoms with van der Waals surface area (Å²) in [6.07, 6.45) is 0. The zero-order valence-corrected chi connectivity index (χ0v) is 8.88. The maximum Gasteiger partial charge on any atom is 0.399 e. The van der Waals surface area contributed by atoms with Gasteiger partial charge in [0.05, 0.1) is 7.11 Å². The fraction of sp³-hybridized carbons (Fsp3) is 0.125. The Morgan fingerprint density at radius 3 is 2.50 bits per heavy atom. The minimum absolute atomic E-state index is 0. The normalized spacial score (nSPS) is 7.43. The number of esters is 1. The summed E-state index contributed by atoms with van der Waals surface area (Å²) in [4.78, 5) is 13.9. The molecule has 1 rings (SSSR count). The van der Waals surface area contributed by atoms with E-state index in [1.165, 1.54) is 19.2 Å².